The van der Waals surface area contributed by atoms with Crippen molar-refractivity contribution in [2.45, 2.75) is 32.4 Å². The van der Waals surface area contributed by atoms with Gasteiger partial charge in [0.05, 0.1) is 24.4 Å². The summed E-state index contributed by atoms with van der Waals surface area (Å²) in [6.45, 7) is 3.13. The number of benzene rings is 2. The smallest absolute Gasteiger partial charge is 0.263 e. The van der Waals surface area contributed by atoms with Crippen molar-refractivity contribution in [3.63, 3.8) is 0 Å². The standard InChI is InChI=1S/C26H24FN3O3S/c1-2-33-20-11-7-18(8-12-20)22-4-3-13-30(22)23(31)14-29-16-28-25-24(26(29)32)21(15-34-25)17-5-9-19(27)10-6-17/h5-12,15-16,22H,2-4,13-14H2,1H3. The van der Waals surface area contributed by atoms with Crippen LogP contribution in [0.15, 0.2) is 65.0 Å². The molecule has 1 aliphatic rings. The van der Waals surface area contributed by atoms with Crippen LogP contribution in [-0.2, 0) is 11.3 Å². The summed E-state index contributed by atoms with van der Waals surface area (Å²) in [7, 11) is 0. The zero-order valence-electron chi connectivity index (χ0n) is 18.7. The number of carbonyl (C=O) groups is 1. The van der Waals surface area contributed by atoms with Crippen LogP contribution in [0.5, 0.6) is 5.75 Å². The molecule has 1 fully saturated rings. The number of hydrogen-bond donors (Lipinski definition) is 0. The van der Waals surface area contributed by atoms with Gasteiger partial charge in [-0.15, -0.1) is 11.3 Å². The topological polar surface area (TPSA) is 64.4 Å². The Morgan fingerprint density at radius 2 is 1.94 bits per heavy atom. The van der Waals surface area contributed by atoms with Crippen molar-refractivity contribution in [3.8, 4) is 16.9 Å². The highest BCUT2D eigenvalue weighted by Crippen LogP contribution is 2.33. The van der Waals surface area contributed by atoms with Crippen LogP contribution in [-0.4, -0.2) is 33.5 Å². The maximum atomic E-state index is 13.4. The number of carbonyl (C=O) groups excluding carboxylic acids is 1. The average molecular weight is 478 g/mol. The van der Waals surface area contributed by atoms with Gasteiger partial charge in [0.25, 0.3) is 5.56 Å². The summed E-state index contributed by atoms with van der Waals surface area (Å²) < 4.78 is 20.3. The zero-order valence-corrected chi connectivity index (χ0v) is 19.6. The molecule has 0 bridgehead atoms. The van der Waals surface area contributed by atoms with E-state index in [0.717, 1.165) is 29.7 Å². The summed E-state index contributed by atoms with van der Waals surface area (Å²) >= 11 is 1.36. The van der Waals surface area contributed by atoms with E-state index < -0.39 is 0 Å². The lowest BCUT2D eigenvalue weighted by atomic mass is 10.0. The Balaban J connectivity index is 1.40. The summed E-state index contributed by atoms with van der Waals surface area (Å²) in [5, 5.41) is 2.30. The molecule has 0 spiro atoms. The molecule has 1 unspecified atom stereocenters. The lowest BCUT2D eigenvalue weighted by molar-refractivity contribution is -0.132. The molecule has 34 heavy (non-hydrogen) atoms. The van der Waals surface area contributed by atoms with E-state index in [9.17, 15) is 14.0 Å². The van der Waals surface area contributed by atoms with Crippen LogP contribution in [0.4, 0.5) is 4.39 Å². The molecule has 0 N–H and O–H groups in total. The number of nitrogens with zero attached hydrogens (tertiary/aromatic N) is 3. The Labute approximate surface area is 200 Å². The molecule has 0 aliphatic carbocycles. The molecular formula is C26H24FN3O3S. The first-order valence-electron chi connectivity index (χ1n) is 11.3. The molecule has 1 aliphatic heterocycles. The highest BCUT2D eigenvalue weighted by molar-refractivity contribution is 7.17. The number of halogens is 1. The van der Waals surface area contributed by atoms with E-state index in [-0.39, 0.29) is 29.9 Å². The molecule has 0 radical (unpaired) electrons. The molecular weight excluding hydrogens is 453 g/mol. The third-order valence-corrected chi connectivity index (χ3v) is 7.06. The first-order valence-corrected chi connectivity index (χ1v) is 12.2. The van der Waals surface area contributed by atoms with Gasteiger partial charge in [0.15, 0.2) is 0 Å². The summed E-state index contributed by atoms with van der Waals surface area (Å²) in [5.41, 5.74) is 2.24. The van der Waals surface area contributed by atoms with Gasteiger partial charge in [-0.3, -0.25) is 14.2 Å². The maximum Gasteiger partial charge on any atom is 0.263 e. The number of fused-ring (bicyclic) bond motifs is 1. The fraction of sp³-hybridized carbons (Fsp3) is 0.269. The third-order valence-electron chi connectivity index (χ3n) is 6.17. The van der Waals surface area contributed by atoms with E-state index in [0.29, 0.717) is 28.9 Å². The highest BCUT2D eigenvalue weighted by Gasteiger charge is 2.30. The Morgan fingerprint density at radius 1 is 1.18 bits per heavy atom. The number of ether oxygens (including phenoxy) is 1. The van der Waals surface area contributed by atoms with Crippen LogP contribution < -0.4 is 10.3 Å². The minimum absolute atomic E-state index is 0.0218. The number of thiophene rings is 1. The van der Waals surface area contributed by atoms with Crippen molar-refractivity contribution >= 4 is 27.5 Å². The van der Waals surface area contributed by atoms with Gasteiger partial charge < -0.3 is 9.64 Å². The molecule has 3 heterocycles. The molecule has 1 atom stereocenters. The number of hydrogen-bond acceptors (Lipinski definition) is 5. The number of likely N-dealkylation sites (tertiary alicyclic amines) is 1. The van der Waals surface area contributed by atoms with Crippen molar-refractivity contribution in [1.82, 2.24) is 14.5 Å². The summed E-state index contributed by atoms with van der Waals surface area (Å²) in [6.07, 6.45) is 3.23. The van der Waals surface area contributed by atoms with Crippen molar-refractivity contribution in [1.29, 1.82) is 0 Å². The van der Waals surface area contributed by atoms with Gasteiger partial charge in [-0.2, -0.15) is 0 Å². The largest absolute Gasteiger partial charge is 0.494 e. The van der Waals surface area contributed by atoms with Crippen molar-refractivity contribution in [2.24, 2.45) is 0 Å². The van der Waals surface area contributed by atoms with Gasteiger partial charge in [-0.05, 0) is 55.2 Å². The predicted molar refractivity (Wildman–Crippen MR) is 131 cm³/mol. The fourth-order valence-electron chi connectivity index (χ4n) is 4.52. The Hall–Kier alpha value is -3.52. The zero-order chi connectivity index (χ0) is 23.7. The van der Waals surface area contributed by atoms with Crippen LogP contribution in [0, 0.1) is 5.82 Å². The van der Waals surface area contributed by atoms with Crippen molar-refractivity contribution in [2.75, 3.05) is 13.2 Å². The molecule has 1 amide bonds. The second kappa shape index (κ2) is 9.38. The molecule has 5 rings (SSSR count). The van der Waals surface area contributed by atoms with Gasteiger partial charge in [0.1, 0.15) is 22.9 Å². The normalized spacial score (nSPS) is 15.7. The minimum atomic E-state index is -0.336. The summed E-state index contributed by atoms with van der Waals surface area (Å²) in [5.74, 6) is 0.357. The fourth-order valence-corrected chi connectivity index (χ4v) is 5.43. The monoisotopic (exact) mass is 477 g/mol. The molecule has 6 nitrogen and oxygen atoms in total. The number of rotatable bonds is 6. The van der Waals surface area contributed by atoms with Crippen molar-refractivity contribution in [3.05, 3.63) is 82.0 Å². The predicted octanol–water partition coefficient (Wildman–Crippen LogP) is 5.03. The van der Waals surface area contributed by atoms with Crippen LogP contribution in [0.3, 0.4) is 0 Å². The van der Waals surface area contributed by atoms with Gasteiger partial charge in [0, 0.05) is 17.5 Å². The lowest BCUT2D eigenvalue weighted by Crippen LogP contribution is -2.36. The Kier molecular flexibility index (Phi) is 6.15. The van der Waals surface area contributed by atoms with Gasteiger partial charge >= 0.3 is 0 Å². The van der Waals surface area contributed by atoms with E-state index >= 15 is 0 Å². The molecule has 174 valence electrons. The SMILES string of the molecule is CCOc1ccc(C2CCCN2C(=O)Cn2cnc3scc(-c4ccc(F)cc4)c3c2=O)cc1. The second-order valence-electron chi connectivity index (χ2n) is 8.26. The van der Waals surface area contributed by atoms with E-state index in [1.54, 1.807) is 12.1 Å². The Morgan fingerprint density at radius 3 is 2.68 bits per heavy atom. The number of amides is 1. The molecule has 2 aromatic carbocycles. The second-order valence-corrected chi connectivity index (χ2v) is 9.12. The average Bonchev–Trinajstić information content (AvgIpc) is 3.50. The first-order chi connectivity index (χ1) is 16.5. The lowest BCUT2D eigenvalue weighted by Gasteiger charge is -2.25. The number of aromatic nitrogens is 2. The molecule has 2 aromatic heterocycles. The Bertz CT molecular complexity index is 1380. The van der Waals surface area contributed by atoms with Crippen LogP contribution in [0.1, 0.15) is 31.4 Å². The third kappa shape index (κ3) is 4.21. The van der Waals surface area contributed by atoms with Crippen molar-refractivity contribution < 1.29 is 13.9 Å². The van der Waals surface area contributed by atoms with E-state index in [1.165, 1.54) is 34.4 Å². The van der Waals surface area contributed by atoms with E-state index in [4.69, 9.17) is 4.74 Å². The minimum Gasteiger partial charge on any atom is -0.494 e. The molecule has 0 saturated carbocycles. The van der Waals surface area contributed by atoms with Crippen LogP contribution in [0.2, 0.25) is 0 Å². The quantitative estimate of drug-likeness (QED) is 0.391. The van der Waals surface area contributed by atoms with Crippen LogP contribution >= 0.6 is 11.3 Å². The highest BCUT2D eigenvalue weighted by atomic mass is 32.1. The molecule has 1 saturated heterocycles. The van der Waals surface area contributed by atoms with Gasteiger partial charge in [0.2, 0.25) is 5.91 Å². The van der Waals surface area contributed by atoms with Crippen LogP contribution in [0.25, 0.3) is 21.3 Å². The summed E-state index contributed by atoms with van der Waals surface area (Å²) in [4.78, 5) is 33.4. The van der Waals surface area contributed by atoms with E-state index in [2.05, 4.69) is 4.98 Å². The van der Waals surface area contributed by atoms with E-state index in [1.807, 2.05) is 41.5 Å². The summed E-state index contributed by atoms with van der Waals surface area (Å²) in [6, 6.07) is 13.9. The van der Waals surface area contributed by atoms with Gasteiger partial charge in [-0.25, -0.2) is 9.37 Å². The molecule has 4 aromatic rings. The maximum absolute atomic E-state index is 13.4. The van der Waals surface area contributed by atoms with Gasteiger partial charge in [-0.1, -0.05) is 24.3 Å². The first kappa shape index (κ1) is 22.3. The molecule has 8 heteroatoms.